The first-order valence-corrected chi connectivity index (χ1v) is 6.76. The summed E-state index contributed by atoms with van der Waals surface area (Å²) in [5, 5.41) is 14.2. The Hall–Kier alpha value is -1.26. The Kier molecular flexibility index (Phi) is 5.95. The maximum Gasteiger partial charge on any atom is 0.326 e. The van der Waals surface area contributed by atoms with Crippen LogP contribution in [0.5, 0.6) is 0 Å². The quantitative estimate of drug-likeness (QED) is 0.651. The Bertz CT molecular complexity index is 288. The van der Waals surface area contributed by atoms with Gasteiger partial charge in [0.15, 0.2) is 0 Å². The molecule has 0 aromatic carbocycles. The van der Waals surface area contributed by atoms with Gasteiger partial charge in [-0.05, 0) is 24.7 Å². The third-order valence-corrected chi connectivity index (χ3v) is 3.37. The average molecular weight is 256 g/mol. The lowest BCUT2D eigenvalue weighted by Gasteiger charge is -2.25. The number of hydrogen-bond donors (Lipinski definition) is 3. The second-order valence-electron chi connectivity index (χ2n) is 5.51. The topological polar surface area (TPSA) is 78.4 Å². The van der Waals surface area contributed by atoms with Crippen LogP contribution in [-0.2, 0) is 4.79 Å². The van der Waals surface area contributed by atoms with Crippen molar-refractivity contribution < 1.29 is 14.7 Å². The molecule has 0 saturated heterocycles. The standard InChI is InChI=1S/C13H24N2O3/c1-9(2)8-11(12(16)17)15-13(18)14-7-6-10-4-3-5-10/h9-11H,3-8H2,1-2H3,(H,16,17)(H2,14,15,18). The van der Waals surface area contributed by atoms with Crippen molar-refractivity contribution in [3.63, 3.8) is 0 Å². The lowest BCUT2D eigenvalue weighted by molar-refractivity contribution is -0.139. The smallest absolute Gasteiger partial charge is 0.326 e. The molecule has 5 nitrogen and oxygen atoms in total. The molecule has 1 rings (SSSR count). The van der Waals surface area contributed by atoms with Crippen LogP contribution in [0.4, 0.5) is 4.79 Å². The number of amides is 2. The normalized spacial score (nSPS) is 17.1. The lowest BCUT2D eigenvalue weighted by Crippen LogP contribution is -2.47. The van der Waals surface area contributed by atoms with Crippen LogP contribution in [0.3, 0.4) is 0 Å². The van der Waals surface area contributed by atoms with Gasteiger partial charge >= 0.3 is 12.0 Å². The van der Waals surface area contributed by atoms with E-state index >= 15 is 0 Å². The van der Waals surface area contributed by atoms with Crippen LogP contribution >= 0.6 is 0 Å². The van der Waals surface area contributed by atoms with Crippen molar-refractivity contribution in [1.82, 2.24) is 10.6 Å². The fourth-order valence-corrected chi connectivity index (χ4v) is 2.07. The summed E-state index contributed by atoms with van der Waals surface area (Å²) < 4.78 is 0. The predicted molar refractivity (Wildman–Crippen MR) is 69.4 cm³/mol. The minimum atomic E-state index is -0.974. The summed E-state index contributed by atoms with van der Waals surface area (Å²) in [6.07, 6.45) is 5.26. The lowest BCUT2D eigenvalue weighted by atomic mass is 9.83. The number of carboxylic acid groups (broad SMARTS) is 1. The monoisotopic (exact) mass is 256 g/mol. The van der Waals surface area contributed by atoms with E-state index in [0.717, 1.165) is 12.3 Å². The summed E-state index contributed by atoms with van der Waals surface area (Å²) >= 11 is 0. The molecule has 1 unspecified atom stereocenters. The molecule has 1 saturated carbocycles. The van der Waals surface area contributed by atoms with Crippen LogP contribution in [0.2, 0.25) is 0 Å². The van der Waals surface area contributed by atoms with Crippen molar-refractivity contribution in [2.24, 2.45) is 11.8 Å². The van der Waals surface area contributed by atoms with E-state index in [1.54, 1.807) is 0 Å². The van der Waals surface area contributed by atoms with Gasteiger partial charge in [-0.1, -0.05) is 33.1 Å². The van der Waals surface area contributed by atoms with Crippen molar-refractivity contribution in [1.29, 1.82) is 0 Å². The van der Waals surface area contributed by atoms with Crippen molar-refractivity contribution in [3.8, 4) is 0 Å². The molecule has 0 bridgehead atoms. The van der Waals surface area contributed by atoms with Gasteiger partial charge in [-0.25, -0.2) is 9.59 Å². The first-order valence-electron chi connectivity index (χ1n) is 6.76. The largest absolute Gasteiger partial charge is 0.480 e. The summed E-state index contributed by atoms with van der Waals surface area (Å²) in [5.41, 5.74) is 0. The van der Waals surface area contributed by atoms with E-state index in [9.17, 15) is 9.59 Å². The van der Waals surface area contributed by atoms with Crippen LogP contribution in [0, 0.1) is 11.8 Å². The van der Waals surface area contributed by atoms with Crippen LogP contribution < -0.4 is 10.6 Å². The van der Waals surface area contributed by atoms with Gasteiger partial charge < -0.3 is 15.7 Å². The molecule has 104 valence electrons. The van der Waals surface area contributed by atoms with E-state index in [4.69, 9.17) is 5.11 Å². The Morgan fingerprint density at radius 1 is 1.33 bits per heavy atom. The highest BCUT2D eigenvalue weighted by Crippen LogP contribution is 2.28. The summed E-state index contributed by atoms with van der Waals surface area (Å²) in [4.78, 5) is 22.5. The second-order valence-corrected chi connectivity index (χ2v) is 5.51. The molecule has 1 aliphatic rings. The third-order valence-electron chi connectivity index (χ3n) is 3.37. The highest BCUT2D eigenvalue weighted by molar-refractivity contribution is 5.82. The summed E-state index contributed by atoms with van der Waals surface area (Å²) in [5.74, 6) is 0.00968. The molecule has 0 aromatic rings. The first kappa shape index (κ1) is 14.8. The van der Waals surface area contributed by atoms with Crippen LogP contribution in [0.15, 0.2) is 0 Å². The van der Waals surface area contributed by atoms with Gasteiger partial charge in [-0.2, -0.15) is 0 Å². The van der Waals surface area contributed by atoms with Crippen molar-refractivity contribution >= 4 is 12.0 Å². The van der Waals surface area contributed by atoms with Crippen LogP contribution in [-0.4, -0.2) is 29.7 Å². The highest BCUT2D eigenvalue weighted by Gasteiger charge is 2.21. The number of carbonyl (C=O) groups excluding carboxylic acids is 1. The highest BCUT2D eigenvalue weighted by atomic mass is 16.4. The molecule has 0 spiro atoms. The zero-order valence-electron chi connectivity index (χ0n) is 11.2. The Balaban J connectivity index is 2.20. The molecular formula is C13H24N2O3. The maximum absolute atomic E-state index is 11.5. The Morgan fingerprint density at radius 2 is 2.00 bits per heavy atom. The molecule has 0 heterocycles. The van der Waals surface area contributed by atoms with Gasteiger partial charge in [0, 0.05) is 6.54 Å². The SMILES string of the molecule is CC(C)CC(NC(=O)NCCC1CCC1)C(=O)O. The van der Waals surface area contributed by atoms with Gasteiger partial charge in [0.2, 0.25) is 0 Å². The molecule has 1 fully saturated rings. The Labute approximate surface area is 108 Å². The first-order chi connectivity index (χ1) is 8.49. The number of hydrogen-bond acceptors (Lipinski definition) is 2. The maximum atomic E-state index is 11.5. The minimum absolute atomic E-state index is 0.237. The van der Waals surface area contributed by atoms with E-state index < -0.39 is 12.0 Å². The minimum Gasteiger partial charge on any atom is -0.480 e. The molecule has 2 amide bonds. The van der Waals surface area contributed by atoms with Gasteiger partial charge in [0.1, 0.15) is 6.04 Å². The third kappa shape index (κ3) is 5.38. The van der Waals surface area contributed by atoms with Gasteiger partial charge in [0.05, 0.1) is 0 Å². The predicted octanol–water partition coefficient (Wildman–Crippen LogP) is 1.98. The molecule has 3 N–H and O–H groups in total. The molecule has 1 atom stereocenters. The summed E-state index contributed by atoms with van der Waals surface area (Å²) in [6, 6.07) is -1.17. The van der Waals surface area contributed by atoms with Crippen LogP contribution in [0.25, 0.3) is 0 Å². The summed E-state index contributed by atoms with van der Waals surface area (Å²) in [7, 11) is 0. The zero-order chi connectivity index (χ0) is 13.5. The molecule has 0 radical (unpaired) electrons. The van der Waals surface area contributed by atoms with Gasteiger partial charge in [-0.15, -0.1) is 0 Å². The second kappa shape index (κ2) is 7.24. The van der Waals surface area contributed by atoms with Gasteiger partial charge in [0.25, 0.3) is 0 Å². The molecule has 0 aliphatic heterocycles. The van der Waals surface area contributed by atoms with Crippen LogP contribution in [0.1, 0.15) is 46.0 Å². The number of urea groups is 1. The fourth-order valence-electron chi connectivity index (χ4n) is 2.07. The van der Waals surface area contributed by atoms with Crippen molar-refractivity contribution in [2.45, 2.75) is 52.0 Å². The Morgan fingerprint density at radius 3 is 2.44 bits per heavy atom. The van der Waals surface area contributed by atoms with E-state index in [-0.39, 0.29) is 11.9 Å². The van der Waals surface area contributed by atoms with Gasteiger partial charge in [-0.3, -0.25) is 0 Å². The zero-order valence-corrected chi connectivity index (χ0v) is 11.2. The number of carboxylic acids is 1. The number of rotatable bonds is 7. The molecule has 18 heavy (non-hydrogen) atoms. The molecule has 0 aromatic heterocycles. The number of aliphatic carboxylic acids is 1. The molecule has 1 aliphatic carbocycles. The number of carbonyl (C=O) groups is 2. The molecular weight excluding hydrogens is 232 g/mol. The van der Waals surface area contributed by atoms with Crippen molar-refractivity contribution in [2.75, 3.05) is 6.54 Å². The van der Waals surface area contributed by atoms with E-state index in [2.05, 4.69) is 10.6 Å². The fraction of sp³-hybridized carbons (Fsp3) is 0.846. The van der Waals surface area contributed by atoms with E-state index in [0.29, 0.717) is 13.0 Å². The number of nitrogens with one attached hydrogen (secondary N) is 2. The van der Waals surface area contributed by atoms with E-state index in [1.807, 2.05) is 13.8 Å². The average Bonchev–Trinajstić information content (AvgIpc) is 2.20. The van der Waals surface area contributed by atoms with Crippen molar-refractivity contribution in [3.05, 3.63) is 0 Å². The van der Waals surface area contributed by atoms with E-state index in [1.165, 1.54) is 19.3 Å². The summed E-state index contributed by atoms with van der Waals surface area (Å²) in [6.45, 7) is 4.50. The molecule has 5 heteroatoms.